The quantitative estimate of drug-likeness (QED) is 0.843. The van der Waals surface area contributed by atoms with E-state index in [4.69, 9.17) is 9.52 Å². The Morgan fingerprint density at radius 3 is 2.43 bits per heavy atom. The van der Waals surface area contributed by atoms with Gasteiger partial charge in [0.05, 0.1) is 29.5 Å². The molecule has 0 radical (unpaired) electrons. The first-order valence-corrected chi connectivity index (χ1v) is 8.18. The Kier molecular flexibility index (Phi) is 4.64. The first-order chi connectivity index (χ1) is 9.92. The number of aliphatic hydroxyl groups excluding tert-OH is 1. The van der Waals surface area contributed by atoms with E-state index in [0.717, 1.165) is 17.1 Å². The summed E-state index contributed by atoms with van der Waals surface area (Å²) < 4.78 is 29.0. The average Bonchev–Trinajstić information content (AvgIpc) is 2.76. The van der Waals surface area contributed by atoms with E-state index in [9.17, 15) is 8.42 Å². The fourth-order valence-corrected chi connectivity index (χ4v) is 2.84. The summed E-state index contributed by atoms with van der Waals surface area (Å²) in [5.41, 5.74) is 1.63. The summed E-state index contributed by atoms with van der Waals surface area (Å²) in [6, 6.07) is 6.37. The lowest BCUT2D eigenvalue weighted by Gasteiger charge is -2.06. The molecule has 0 fully saturated rings. The van der Waals surface area contributed by atoms with E-state index >= 15 is 0 Å². The molecule has 0 spiro atoms. The summed E-state index contributed by atoms with van der Waals surface area (Å²) in [6.07, 6.45) is 0. The predicted octanol–water partition coefficient (Wildman–Crippen LogP) is 1.67. The molecule has 2 N–H and O–H groups in total. The molecule has 1 heterocycles. The molecular weight excluding hydrogens is 292 g/mol. The standard InChI is InChI=1S/C14H18N2O4S/c1-10-11(2)20-14(16-10)9-15-12-3-5-13(6-4-12)21(18,19)8-7-17/h3-6,15,17H,7-9H2,1-2H3. The summed E-state index contributed by atoms with van der Waals surface area (Å²) in [5, 5.41) is 11.9. The minimum atomic E-state index is -3.41. The highest BCUT2D eigenvalue weighted by atomic mass is 32.2. The van der Waals surface area contributed by atoms with Gasteiger partial charge in [0.2, 0.25) is 5.89 Å². The molecule has 21 heavy (non-hydrogen) atoms. The monoisotopic (exact) mass is 310 g/mol. The lowest BCUT2D eigenvalue weighted by molar-refractivity contribution is 0.319. The van der Waals surface area contributed by atoms with Crippen LogP contribution in [0.3, 0.4) is 0 Å². The van der Waals surface area contributed by atoms with Crippen molar-refractivity contribution in [3.05, 3.63) is 41.6 Å². The molecule has 2 aromatic rings. The van der Waals surface area contributed by atoms with Crippen LogP contribution in [0.25, 0.3) is 0 Å². The van der Waals surface area contributed by atoms with Gasteiger partial charge in [-0.15, -0.1) is 0 Å². The molecule has 0 amide bonds. The largest absolute Gasteiger partial charge is 0.444 e. The number of nitrogens with one attached hydrogen (secondary N) is 1. The van der Waals surface area contributed by atoms with Crippen LogP contribution in [0, 0.1) is 13.8 Å². The van der Waals surface area contributed by atoms with Gasteiger partial charge in [-0.05, 0) is 38.1 Å². The van der Waals surface area contributed by atoms with Gasteiger partial charge >= 0.3 is 0 Å². The number of aryl methyl sites for hydroxylation is 2. The van der Waals surface area contributed by atoms with Gasteiger partial charge in [0.15, 0.2) is 9.84 Å². The Labute approximate surface area is 123 Å². The maximum atomic E-state index is 11.8. The highest BCUT2D eigenvalue weighted by molar-refractivity contribution is 7.91. The van der Waals surface area contributed by atoms with E-state index < -0.39 is 9.84 Å². The van der Waals surface area contributed by atoms with Crippen LogP contribution in [0.15, 0.2) is 33.6 Å². The van der Waals surface area contributed by atoms with Crippen LogP contribution in [0.2, 0.25) is 0 Å². The molecular formula is C14H18N2O4S. The number of anilines is 1. The minimum absolute atomic E-state index is 0.199. The molecule has 0 aliphatic carbocycles. The van der Waals surface area contributed by atoms with Crippen molar-refractivity contribution in [2.24, 2.45) is 0 Å². The second-order valence-electron chi connectivity index (χ2n) is 4.67. The summed E-state index contributed by atoms with van der Waals surface area (Å²) >= 11 is 0. The van der Waals surface area contributed by atoms with Crippen LogP contribution in [0.4, 0.5) is 5.69 Å². The maximum Gasteiger partial charge on any atom is 0.213 e. The second-order valence-corrected chi connectivity index (χ2v) is 6.78. The number of oxazole rings is 1. The number of aromatic nitrogens is 1. The fourth-order valence-electron chi connectivity index (χ4n) is 1.81. The molecule has 6 nitrogen and oxygen atoms in total. The summed E-state index contributed by atoms with van der Waals surface area (Å²) in [4.78, 5) is 4.45. The second kappa shape index (κ2) is 6.28. The van der Waals surface area contributed by atoms with E-state index in [-0.39, 0.29) is 17.3 Å². The molecule has 0 saturated heterocycles. The van der Waals surface area contributed by atoms with Crippen LogP contribution < -0.4 is 5.32 Å². The molecule has 7 heteroatoms. The zero-order chi connectivity index (χ0) is 15.5. The van der Waals surface area contributed by atoms with Crippen molar-refractivity contribution in [1.82, 2.24) is 4.98 Å². The van der Waals surface area contributed by atoms with Gasteiger partial charge in [0.1, 0.15) is 5.76 Å². The molecule has 0 unspecified atom stereocenters. The highest BCUT2D eigenvalue weighted by Crippen LogP contribution is 2.16. The normalized spacial score (nSPS) is 11.6. The topological polar surface area (TPSA) is 92.4 Å². The number of rotatable bonds is 6. The van der Waals surface area contributed by atoms with Crippen molar-refractivity contribution >= 4 is 15.5 Å². The molecule has 0 saturated carbocycles. The van der Waals surface area contributed by atoms with Crippen molar-refractivity contribution in [3.63, 3.8) is 0 Å². The molecule has 0 aliphatic rings. The van der Waals surface area contributed by atoms with E-state index in [1.165, 1.54) is 12.1 Å². The van der Waals surface area contributed by atoms with Crippen molar-refractivity contribution in [3.8, 4) is 0 Å². The number of hydrogen-bond acceptors (Lipinski definition) is 6. The van der Waals surface area contributed by atoms with E-state index in [1.807, 2.05) is 13.8 Å². The van der Waals surface area contributed by atoms with Gasteiger partial charge in [-0.3, -0.25) is 0 Å². The van der Waals surface area contributed by atoms with Crippen molar-refractivity contribution in [2.45, 2.75) is 25.3 Å². The first-order valence-electron chi connectivity index (χ1n) is 6.53. The third kappa shape index (κ3) is 3.83. The van der Waals surface area contributed by atoms with Crippen molar-refractivity contribution in [1.29, 1.82) is 0 Å². The zero-order valence-electron chi connectivity index (χ0n) is 12.0. The third-order valence-electron chi connectivity index (χ3n) is 3.09. The smallest absolute Gasteiger partial charge is 0.213 e. The van der Waals surface area contributed by atoms with Crippen molar-refractivity contribution in [2.75, 3.05) is 17.7 Å². The van der Waals surface area contributed by atoms with Gasteiger partial charge < -0.3 is 14.8 Å². The van der Waals surface area contributed by atoms with Crippen LogP contribution in [-0.2, 0) is 16.4 Å². The first kappa shape index (κ1) is 15.5. The number of aliphatic hydroxyl groups is 1. The molecule has 1 aromatic heterocycles. The Hall–Kier alpha value is -1.86. The van der Waals surface area contributed by atoms with Crippen molar-refractivity contribution < 1.29 is 17.9 Å². The third-order valence-corrected chi connectivity index (χ3v) is 4.80. The number of nitrogens with zero attached hydrogens (tertiary/aromatic N) is 1. The fraction of sp³-hybridized carbons (Fsp3) is 0.357. The molecule has 114 valence electrons. The molecule has 0 atom stereocenters. The van der Waals surface area contributed by atoms with Crippen LogP contribution in [-0.4, -0.2) is 30.9 Å². The molecule has 0 bridgehead atoms. The Morgan fingerprint density at radius 1 is 1.24 bits per heavy atom. The minimum Gasteiger partial charge on any atom is -0.444 e. The summed E-state index contributed by atoms with van der Waals surface area (Å²) in [7, 11) is -3.41. The molecule has 2 rings (SSSR count). The van der Waals surface area contributed by atoms with Gasteiger partial charge in [0.25, 0.3) is 0 Å². The predicted molar refractivity (Wildman–Crippen MR) is 78.9 cm³/mol. The van der Waals surface area contributed by atoms with E-state index in [2.05, 4.69) is 10.3 Å². The molecule has 0 aliphatic heterocycles. The number of benzene rings is 1. The Morgan fingerprint density at radius 2 is 1.90 bits per heavy atom. The summed E-state index contributed by atoms with van der Waals surface area (Å²) in [6.45, 7) is 3.78. The van der Waals surface area contributed by atoms with Gasteiger partial charge in [0, 0.05) is 5.69 Å². The van der Waals surface area contributed by atoms with E-state index in [0.29, 0.717) is 12.4 Å². The lowest BCUT2D eigenvalue weighted by Crippen LogP contribution is -2.10. The van der Waals surface area contributed by atoms with E-state index in [1.54, 1.807) is 12.1 Å². The molecule has 1 aromatic carbocycles. The van der Waals surface area contributed by atoms with Gasteiger partial charge in [-0.2, -0.15) is 0 Å². The number of hydrogen-bond donors (Lipinski definition) is 2. The van der Waals surface area contributed by atoms with Crippen LogP contribution in [0.5, 0.6) is 0 Å². The van der Waals surface area contributed by atoms with Crippen LogP contribution >= 0.6 is 0 Å². The summed E-state index contributed by atoms with van der Waals surface area (Å²) in [5.74, 6) is 1.11. The number of sulfone groups is 1. The SMILES string of the molecule is Cc1nc(CNc2ccc(S(=O)(=O)CCO)cc2)oc1C. The van der Waals surface area contributed by atoms with Crippen LogP contribution in [0.1, 0.15) is 17.3 Å². The zero-order valence-corrected chi connectivity index (χ0v) is 12.8. The Bertz CT molecular complexity index is 686. The average molecular weight is 310 g/mol. The highest BCUT2D eigenvalue weighted by Gasteiger charge is 2.13. The Balaban J connectivity index is 2.03. The van der Waals surface area contributed by atoms with Gasteiger partial charge in [-0.1, -0.05) is 0 Å². The van der Waals surface area contributed by atoms with Gasteiger partial charge in [-0.25, -0.2) is 13.4 Å². The lowest BCUT2D eigenvalue weighted by atomic mass is 10.3. The maximum absolute atomic E-state index is 11.8.